The third-order valence-electron chi connectivity index (χ3n) is 4.14. The fraction of sp³-hybridized carbons (Fsp3) is 0.167. The van der Waals surface area contributed by atoms with Crippen molar-refractivity contribution in [3.05, 3.63) is 42.0 Å². The summed E-state index contributed by atoms with van der Waals surface area (Å²) < 4.78 is 11.2. The molecule has 4 rings (SSSR count). The molecule has 0 fully saturated rings. The lowest BCUT2D eigenvalue weighted by molar-refractivity contribution is 0.171. The standard InChI is InChI=1S/C18H17N3O2/c1-10-2-4-12-13(17(10)19)9-14(21-18(12)20)11-3-5-15-16(8-11)23-7-6-22-15/h2-5,8-9H,6-7,19H2,1H3,(H2,20,21). The molecule has 0 radical (unpaired) electrons. The average Bonchev–Trinajstić information content (AvgIpc) is 2.58. The minimum absolute atomic E-state index is 0.471. The van der Waals surface area contributed by atoms with E-state index in [-0.39, 0.29) is 0 Å². The molecular formula is C18H17N3O2. The van der Waals surface area contributed by atoms with E-state index in [1.807, 2.05) is 43.3 Å². The molecule has 0 aliphatic carbocycles. The lowest BCUT2D eigenvalue weighted by atomic mass is 10.0. The molecule has 116 valence electrons. The van der Waals surface area contributed by atoms with E-state index in [2.05, 4.69) is 4.98 Å². The molecule has 5 heteroatoms. The number of fused-ring (bicyclic) bond motifs is 2. The van der Waals surface area contributed by atoms with Crippen LogP contribution < -0.4 is 20.9 Å². The molecule has 0 spiro atoms. The van der Waals surface area contributed by atoms with Crippen molar-refractivity contribution in [1.82, 2.24) is 4.98 Å². The number of anilines is 2. The third kappa shape index (κ3) is 2.21. The van der Waals surface area contributed by atoms with Crippen LogP contribution >= 0.6 is 0 Å². The van der Waals surface area contributed by atoms with Crippen LogP contribution in [0.2, 0.25) is 0 Å². The first-order chi connectivity index (χ1) is 11.1. The maximum atomic E-state index is 6.22. The maximum absolute atomic E-state index is 6.22. The van der Waals surface area contributed by atoms with Gasteiger partial charge in [-0.05, 0) is 36.8 Å². The predicted molar refractivity (Wildman–Crippen MR) is 91.7 cm³/mol. The molecule has 0 atom stereocenters. The third-order valence-corrected chi connectivity index (χ3v) is 4.14. The molecule has 0 saturated carbocycles. The highest BCUT2D eigenvalue weighted by Gasteiger charge is 2.14. The summed E-state index contributed by atoms with van der Waals surface area (Å²) in [6, 6.07) is 11.7. The molecule has 1 aliphatic rings. The van der Waals surface area contributed by atoms with Crippen LogP contribution in [0.5, 0.6) is 11.5 Å². The maximum Gasteiger partial charge on any atom is 0.162 e. The quantitative estimate of drug-likeness (QED) is 0.675. The lowest BCUT2D eigenvalue weighted by Gasteiger charge is -2.19. The van der Waals surface area contributed by atoms with E-state index in [4.69, 9.17) is 20.9 Å². The average molecular weight is 307 g/mol. The molecule has 0 unspecified atom stereocenters. The smallest absolute Gasteiger partial charge is 0.162 e. The van der Waals surface area contributed by atoms with Gasteiger partial charge in [0.25, 0.3) is 0 Å². The molecule has 5 nitrogen and oxygen atoms in total. The van der Waals surface area contributed by atoms with Gasteiger partial charge in [0.1, 0.15) is 19.0 Å². The first-order valence-electron chi connectivity index (χ1n) is 7.49. The molecular weight excluding hydrogens is 290 g/mol. The highest BCUT2D eigenvalue weighted by molar-refractivity contribution is 6.01. The number of aryl methyl sites for hydroxylation is 1. The van der Waals surface area contributed by atoms with E-state index in [0.29, 0.717) is 19.0 Å². The molecule has 3 aromatic rings. The van der Waals surface area contributed by atoms with Crippen molar-refractivity contribution in [2.45, 2.75) is 6.92 Å². The van der Waals surface area contributed by atoms with Crippen molar-refractivity contribution in [2.75, 3.05) is 24.7 Å². The molecule has 0 bridgehead atoms. The number of pyridine rings is 1. The van der Waals surface area contributed by atoms with Gasteiger partial charge in [0, 0.05) is 22.0 Å². The second-order valence-corrected chi connectivity index (χ2v) is 5.64. The number of nitrogens with two attached hydrogens (primary N) is 2. The van der Waals surface area contributed by atoms with Gasteiger partial charge in [-0.15, -0.1) is 0 Å². The van der Waals surface area contributed by atoms with Gasteiger partial charge < -0.3 is 20.9 Å². The molecule has 2 heterocycles. The summed E-state index contributed by atoms with van der Waals surface area (Å²) in [5.41, 5.74) is 15.8. The molecule has 2 aromatic carbocycles. The number of benzene rings is 2. The molecule has 0 amide bonds. The summed E-state index contributed by atoms with van der Waals surface area (Å²) in [7, 11) is 0. The van der Waals surface area contributed by atoms with Gasteiger partial charge in [0.2, 0.25) is 0 Å². The first-order valence-corrected chi connectivity index (χ1v) is 7.49. The molecule has 4 N–H and O–H groups in total. The van der Waals surface area contributed by atoms with Crippen LogP contribution in [-0.2, 0) is 0 Å². The van der Waals surface area contributed by atoms with E-state index in [1.165, 1.54) is 0 Å². The van der Waals surface area contributed by atoms with E-state index >= 15 is 0 Å². The van der Waals surface area contributed by atoms with Crippen LogP contribution in [0.25, 0.3) is 22.0 Å². The zero-order valence-corrected chi connectivity index (χ0v) is 12.8. The van der Waals surface area contributed by atoms with Crippen LogP contribution in [-0.4, -0.2) is 18.2 Å². The minimum Gasteiger partial charge on any atom is -0.486 e. The molecule has 1 aromatic heterocycles. The van der Waals surface area contributed by atoms with Crippen molar-refractivity contribution in [2.24, 2.45) is 0 Å². The Morgan fingerprint density at radius 3 is 2.52 bits per heavy atom. The van der Waals surface area contributed by atoms with Crippen molar-refractivity contribution in [3.63, 3.8) is 0 Å². The number of nitrogens with zero attached hydrogens (tertiary/aromatic N) is 1. The Balaban J connectivity index is 1.90. The fourth-order valence-corrected chi connectivity index (χ4v) is 2.83. The Bertz CT molecular complexity index is 922. The molecule has 23 heavy (non-hydrogen) atoms. The van der Waals surface area contributed by atoms with Crippen LogP contribution in [0.1, 0.15) is 5.56 Å². The Kier molecular flexibility index (Phi) is 3.01. The van der Waals surface area contributed by atoms with Crippen LogP contribution in [0.4, 0.5) is 11.5 Å². The summed E-state index contributed by atoms with van der Waals surface area (Å²) in [5, 5.41) is 1.79. The summed E-state index contributed by atoms with van der Waals surface area (Å²) in [4.78, 5) is 4.52. The lowest BCUT2D eigenvalue weighted by Crippen LogP contribution is -2.15. The summed E-state index contributed by atoms with van der Waals surface area (Å²) in [6.45, 7) is 3.11. The molecule has 1 aliphatic heterocycles. The van der Waals surface area contributed by atoms with E-state index in [1.54, 1.807) is 0 Å². The Hall–Kier alpha value is -2.95. The SMILES string of the molecule is Cc1ccc2c(N)nc(-c3ccc4c(c3)OCCO4)cc2c1N. The Labute approximate surface area is 133 Å². The van der Waals surface area contributed by atoms with E-state index in [0.717, 1.165) is 44.8 Å². The number of hydrogen-bond acceptors (Lipinski definition) is 5. The normalized spacial score (nSPS) is 13.3. The number of hydrogen-bond donors (Lipinski definition) is 2. The highest BCUT2D eigenvalue weighted by Crippen LogP contribution is 2.36. The van der Waals surface area contributed by atoms with Crippen molar-refractivity contribution < 1.29 is 9.47 Å². The second kappa shape index (κ2) is 5.05. The number of aromatic nitrogens is 1. The second-order valence-electron chi connectivity index (χ2n) is 5.64. The van der Waals surface area contributed by atoms with Crippen LogP contribution in [0.3, 0.4) is 0 Å². The van der Waals surface area contributed by atoms with Gasteiger partial charge >= 0.3 is 0 Å². The van der Waals surface area contributed by atoms with Crippen LogP contribution in [0.15, 0.2) is 36.4 Å². The van der Waals surface area contributed by atoms with Gasteiger partial charge in [-0.25, -0.2) is 4.98 Å². The van der Waals surface area contributed by atoms with Gasteiger partial charge in [-0.2, -0.15) is 0 Å². The summed E-state index contributed by atoms with van der Waals surface area (Å²) in [5.74, 6) is 1.95. The van der Waals surface area contributed by atoms with Gasteiger partial charge in [0.15, 0.2) is 11.5 Å². The van der Waals surface area contributed by atoms with Crippen molar-refractivity contribution in [3.8, 4) is 22.8 Å². The van der Waals surface area contributed by atoms with Gasteiger partial charge in [-0.3, -0.25) is 0 Å². The number of nitrogen functional groups attached to an aromatic ring is 2. The summed E-state index contributed by atoms with van der Waals surface area (Å²) >= 11 is 0. The van der Waals surface area contributed by atoms with E-state index in [9.17, 15) is 0 Å². The largest absolute Gasteiger partial charge is 0.486 e. The highest BCUT2D eigenvalue weighted by atomic mass is 16.6. The zero-order chi connectivity index (χ0) is 16.0. The van der Waals surface area contributed by atoms with Gasteiger partial charge in [-0.1, -0.05) is 12.1 Å². The van der Waals surface area contributed by atoms with Crippen molar-refractivity contribution >= 4 is 22.3 Å². The Morgan fingerprint density at radius 1 is 0.913 bits per heavy atom. The number of rotatable bonds is 1. The minimum atomic E-state index is 0.471. The predicted octanol–water partition coefficient (Wildman–Crippen LogP) is 3.15. The van der Waals surface area contributed by atoms with Gasteiger partial charge in [0.05, 0.1) is 5.69 Å². The Morgan fingerprint density at radius 2 is 1.70 bits per heavy atom. The van der Waals surface area contributed by atoms with Crippen molar-refractivity contribution in [1.29, 1.82) is 0 Å². The topological polar surface area (TPSA) is 83.4 Å². The molecule has 0 saturated heterocycles. The fourth-order valence-electron chi connectivity index (χ4n) is 2.83. The first kappa shape index (κ1) is 13.7. The van der Waals surface area contributed by atoms with Crippen LogP contribution in [0, 0.1) is 6.92 Å². The monoisotopic (exact) mass is 307 g/mol. The number of ether oxygens (including phenoxy) is 2. The summed E-state index contributed by atoms with van der Waals surface area (Å²) in [6.07, 6.45) is 0. The van der Waals surface area contributed by atoms with E-state index < -0.39 is 0 Å². The zero-order valence-electron chi connectivity index (χ0n) is 12.8.